The Bertz CT molecular complexity index is 737. The smallest absolute Gasteiger partial charge is 0.261 e. The molecular formula is C12H16ClNO4S2. The average Bonchev–Trinajstić information content (AvgIpc) is 3.14. The van der Waals surface area contributed by atoms with Crippen LogP contribution >= 0.6 is 10.7 Å². The molecule has 1 aliphatic rings. The number of halogens is 1. The zero-order valence-electron chi connectivity index (χ0n) is 11.2. The first kappa shape index (κ1) is 15.6. The molecule has 1 saturated carbocycles. The summed E-state index contributed by atoms with van der Waals surface area (Å²) in [5, 5.41) is -0.331. The highest BCUT2D eigenvalue weighted by Gasteiger charge is 2.36. The zero-order valence-corrected chi connectivity index (χ0v) is 13.6. The van der Waals surface area contributed by atoms with Crippen LogP contribution in [-0.4, -0.2) is 22.1 Å². The molecular weight excluding hydrogens is 322 g/mol. The Morgan fingerprint density at radius 3 is 2.30 bits per heavy atom. The number of sulfonamides is 1. The molecule has 0 bridgehead atoms. The van der Waals surface area contributed by atoms with Crippen LogP contribution in [-0.2, 0) is 25.5 Å². The second-order valence-corrected chi connectivity index (χ2v) is 9.44. The van der Waals surface area contributed by atoms with E-state index >= 15 is 0 Å². The van der Waals surface area contributed by atoms with E-state index in [2.05, 4.69) is 4.72 Å². The Kier molecular flexibility index (Phi) is 4.05. The molecule has 112 valence electrons. The molecule has 0 amide bonds. The molecule has 0 heterocycles. The third-order valence-electron chi connectivity index (χ3n) is 3.26. The number of benzene rings is 1. The molecule has 0 atom stereocenters. The third-order valence-corrected chi connectivity index (χ3v) is 6.43. The van der Waals surface area contributed by atoms with Crippen molar-refractivity contribution >= 4 is 35.4 Å². The van der Waals surface area contributed by atoms with Gasteiger partial charge in [-0.2, -0.15) is 0 Å². The van der Waals surface area contributed by atoms with E-state index in [9.17, 15) is 16.8 Å². The van der Waals surface area contributed by atoms with Crippen molar-refractivity contribution in [3.05, 3.63) is 23.3 Å². The van der Waals surface area contributed by atoms with Gasteiger partial charge in [-0.25, -0.2) is 16.8 Å². The lowest BCUT2D eigenvalue weighted by Crippen LogP contribution is -2.19. The van der Waals surface area contributed by atoms with Gasteiger partial charge in [0.25, 0.3) is 9.05 Å². The molecule has 8 heteroatoms. The summed E-state index contributed by atoms with van der Waals surface area (Å²) in [5.41, 5.74) is 1.63. The van der Waals surface area contributed by atoms with Crippen molar-refractivity contribution < 1.29 is 16.8 Å². The predicted octanol–water partition coefficient (Wildman–Crippen LogP) is 2.39. The summed E-state index contributed by atoms with van der Waals surface area (Å²) in [5.74, 6) is 0. The van der Waals surface area contributed by atoms with Gasteiger partial charge in [0.15, 0.2) is 0 Å². The maximum Gasteiger partial charge on any atom is 0.261 e. The van der Waals surface area contributed by atoms with Crippen LogP contribution in [0.2, 0.25) is 0 Å². The summed E-state index contributed by atoms with van der Waals surface area (Å²) in [4.78, 5) is -0.0112. The van der Waals surface area contributed by atoms with E-state index in [4.69, 9.17) is 10.7 Å². The van der Waals surface area contributed by atoms with Gasteiger partial charge >= 0.3 is 0 Å². The molecule has 0 radical (unpaired) electrons. The molecule has 0 unspecified atom stereocenters. The minimum atomic E-state index is -3.83. The molecule has 1 fully saturated rings. The number of hydrogen-bond acceptors (Lipinski definition) is 4. The van der Waals surface area contributed by atoms with Crippen LogP contribution in [0.1, 0.15) is 30.9 Å². The SMILES string of the molecule is CCc1cc(S(=O)(=O)Cl)cc(C)c1NS(=O)(=O)C1CC1. The lowest BCUT2D eigenvalue weighted by molar-refractivity contribution is 0.599. The second-order valence-electron chi connectivity index (χ2n) is 4.91. The standard InChI is InChI=1S/C12H16ClNO4S2/c1-3-9-7-11(19(13,15)16)6-8(2)12(9)14-20(17,18)10-4-5-10/h6-7,10,14H,3-5H2,1-2H3. The summed E-state index contributed by atoms with van der Waals surface area (Å²) in [6.45, 7) is 3.49. The van der Waals surface area contributed by atoms with E-state index in [-0.39, 0.29) is 10.1 Å². The van der Waals surface area contributed by atoms with Gasteiger partial charge in [0.1, 0.15) is 0 Å². The van der Waals surface area contributed by atoms with Gasteiger partial charge in [0.2, 0.25) is 10.0 Å². The van der Waals surface area contributed by atoms with E-state index in [0.717, 1.165) is 0 Å². The van der Waals surface area contributed by atoms with Crippen molar-refractivity contribution in [1.29, 1.82) is 0 Å². The summed E-state index contributed by atoms with van der Waals surface area (Å²) >= 11 is 0. The number of hydrogen-bond donors (Lipinski definition) is 1. The fourth-order valence-electron chi connectivity index (χ4n) is 1.99. The zero-order chi connectivity index (χ0) is 15.1. The quantitative estimate of drug-likeness (QED) is 0.836. The monoisotopic (exact) mass is 337 g/mol. The molecule has 0 spiro atoms. The van der Waals surface area contributed by atoms with Crippen LogP contribution in [0.3, 0.4) is 0 Å². The van der Waals surface area contributed by atoms with Crippen LogP contribution in [0, 0.1) is 6.92 Å². The molecule has 1 aliphatic carbocycles. The highest BCUT2D eigenvalue weighted by atomic mass is 35.7. The Hall–Kier alpha value is -0.790. The summed E-state index contributed by atoms with van der Waals surface area (Å²) in [6.07, 6.45) is 1.84. The topological polar surface area (TPSA) is 80.3 Å². The Balaban J connectivity index is 2.48. The van der Waals surface area contributed by atoms with Gasteiger partial charge < -0.3 is 0 Å². The van der Waals surface area contributed by atoms with Crippen molar-refractivity contribution in [3.63, 3.8) is 0 Å². The van der Waals surface area contributed by atoms with Crippen LogP contribution in [0.25, 0.3) is 0 Å². The van der Waals surface area contributed by atoms with Crippen LogP contribution < -0.4 is 4.72 Å². The highest BCUT2D eigenvalue weighted by Crippen LogP contribution is 2.33. The van der Waals surface area contributed by atoms with Gasteiger partial charge in [-0.3, -0.25) is 4.72 Å². The molecule has 0 aromatic heterocycles. The predicted molar refractivity (Wildman–Crippen MR) is 79.2 cm³/mol. The first-order chi connectivity index (χ1) is 9.15. The number of nitrogens with one attached hydrogen (secondary N) is 1. The van der Waals surface area contributed by atoms with Gasteiger partial charge in [0, 0.05) is 10.7 Å². The maximum atomic E-state index is 12.0. The number of aryl methyl sites for hydroxylation is 2. The van der Waals surface area contributed by atoms with E-state index < -0.39 is 19.1 Å². The van der Waals surface area contributed by atoms with Crippen LogP contribution in [0.15, 0.2) is 17.0 Å². The lowest BCUT2D eigenvalue weighted by atomic mass is 10.1. The van der Waals surface area contributed by atoms with Crippen molar-refractivity contribution in [2.24, 2.45) is 0 Å². The van der Waals surface area contributed by atoms with Gasteiger partial charge in [-0.05, 0) is 49.4 Å². The highest BCUT2D eigenvalue weighted by molar-refractivity contribution is 8.13. The fourth-order valence-corrected chi connectivity index (χ4v) is 4.36. The van der Waals surface area contributed by atoms with Crippen molar-refractivity contribution in [3.8, 4) is 0 Å². The van der Waals surface area contributed by atoms with Gasteiger partial charge in [0.05, 0.1) is 15.8 Å². The lowest BCUT2D eigenvalue weighted by Gasteiger charge is -2.15. The minimum absolute atomic E-state index is 0.0112. The van der Waals surface area contributed by atoms with Crippen LogP contribution in [0.5, 0.6) is 0 Å². The second kappa shape index (κ2) is 5.20. The average molecular weight is 338 g/mol. The summed E-state index contributed by atoms with van der Waals surface area (Å²) in [7, 11) is -1.86. The van der Waals surface area contributed by atoms with E-state index in [1.807, 2.05) is 6.92 Å². The molecule has 1 N–H and O–H groups in total. The molecule has 0 saturated heterocycles. The summed E-state index contributed by atoms with van der Waals surface area (Å²) < 4.78 is 49.4. The number of anilines is 1. The third kappa shape index (κ3) is 3.27. The van der Waals surface area contributed by atoms with Crippen molar-refractivity contribution in [2.45, 2.75) is 43.3 Å². The Labute approximate surface area is 123 Å². The molecule has 2 rings (SSSR count). The first-order valence-electron chi connectivity index (χ1n) is 6.25. The fraction of sp³-hybridized carbons (Fsp3) is 0.500. The van der Waals surface area contributed by atoms with E-state index in [1.165, 1.54) is 12.1 Å². The molecule has 20 heavy (non-hydrogen) atoms. The van der Waals surface area contributed by atoms with E-state index in [1.54, 1.807) is 6.92 Å². The van der Waals surface area contributed by atoms with Crippen LogP contribution in [0.4, 0.5) is 5.69 Å². The van der Waals surface area contributed by atoms with Gasteiger partial charge in [-0.15, -0.1) is 0 Å². The Morgan fingerprint density at radius 2 is 1.85 bits per heavy atom. The van der Waals surface area contributed by atoms with Crippen molar-refractivity contribution in [2.75, 3.05) is 4.72 Å². The van der Waals surface area contributed by atoms with Crippen molar-refractivity contribution in [1.82, 2.24) is 0 Å². The molecule has 5 nitrogen and oxygen atoms in total. The largest absolute Gasteiger partial charge is 0.283 e. The molecule has 0 aliphatic heterocycles. The van der Waals surface area contributed by atoms with E-state index in [0.29, 0.717) is 36.1 Å². The molecule has 1 aromatic carbocycles. The molecule has 1 aromatic rings. The Morgan fingerprint density at radius 1 is 1.25 bits per heavy atom. The maximum absolute atomic E-state index is 12.0. The number of rotatable bonds is 5. The first-order valence-corrected chi connectivity index (χ1v) is 10.1. The normalized spacial score (nSPS) is 16.1. The minimum Gasteiger partial charge on any atom is -0.283 e. The summed E-state index contributed by atoms with van der Waals surface area (Å²) in [6, 6.07) is 2.80. The van der Waals surface area contributed by atoms with Gasteiger partial charge in [-0.1, -0.05) is 6.92 Å².